The number of pyridine rings is 1. The molecule has 2 atom stereocenters. The Balaban J connectivity index is 2.03. The van der Waals surface area contributed by atoms with Gasteiger partial charge in [0.2, 0.25) is 0 Å². The molecule has 1 aromatic rings. The van der Waals surface area contributed by atoms with Crippen molar-refractivity contribution >= 4 is 0 Å². The normalized spacial score (nSPS) is 24.3. The van der Waals surface area contributed by atoms with Gasteiger partial charge >= 0.3 is 0 Å². The van der Waals surface area contributed by atoms with Gasteiger partial charge < -0.3 is 14.8 Å². The summed E-state index contributed by atoms with van der Waals surface area (Å²) in [7, 11) is 3.50. The van der Waals surface area contributed by atoms with Crippen LogP contribution in [0.25, 0.3) is 0 Å². The molecule has 1 N–H and O–H groups in total. The second-order valence-electron chi connectivity index (χ2n) is 6.26. The highest BCUT2D eigenvalue weighted by Gasteiger charge is 2.48. The van der Waals surface area contributed by atoms with Crippen LogP contribution in [0.15, 0.2) is 6.20 Å². The van der Waals surface area contributed by atoms with Crippen LogP contribution in [0.3, 0.4) is 0 Å². The van der Waals surface area contributed by atoms with Crippen molar-refractivity contribution in [3.63, 3.8) is 0 Å². The number of hydrogen-bond acceptors (Lipinski definition) is 4. The molecule has 2 unspecified atom stereocenters. The number of nitrogens with zero attached hydrogens (tertiary/aromatic N) is 1. The summed E-state index contributed by atoms with van der Waals surface area (Å²) in [5.41, 5.74) is 3.44. The standard InChI is InChI=1S/C16H26N2O2/c1-10-8-17-12(11(2)15(10)20-6)9-18-13-7-14(19-5)16(13,3)4/h8,13-14,18H,7,9H2,1-6H3. The lowest BCUT2D eigenvalue weighted by Crippen LogP contribution is -2.60. The highest BCUT2D eigenvalue weighted by Crippen LogP contribution is 2.42. The zero-order valence-electron chi connectivity index (χ0n) is 13.4. The van der Waals surface area contributed by atoms with Crippen molar-refractivity contribution < 1.29 is 9.47 Å². The lowest BCUT2D eigenvalue weighted by Gasteiger charge is -2.51. The third-order valence-corrected chi connectivity index (χ3v) is 4.73. The maximum atomic E-state index is 5.48. The minimum atomic E-state index is 0.178. The Morgan fingerprint density at radius 2 is 2.05 bits per heavy atom. The van der Waals surface area contributed by atoms with Crippen LogP contribution < -0.4 is 10.1 Å². The van der Waals surface area contributed by atoms with Crippen molar-refractivity contribution in [1.82, 2.24) is 10.3 Å². The molecule has 0 saturated heterocycles. The summed E-state index contributed by atoms with van der Waals surface area (Å²) in [6.45, 7) is 9.36. The highest BCUT2D eigenvalue weighted by molar-refractivity contribution is 5.41. The first-order valence-corrected chi connectivity index (χ1v) is 7.17. The van der Waals surface area contributed by atoms with Crippen molar-refractivity contribution in [3.05, 3.63) is 23.0 Å². The smallest absolute Gasteiger partial charge is 0.128 e. The molecule has 1 aliphatic carbocycles. The third kappa shape index (κ3) is 2.54. The Bertz CT molecular complexity index is 486. The van der Waals surface area contributed by atoms with Gasteiger partial charge in [0.15, 0.2) is 0 Å². The van der Waals surface area contributed by atoms with E-state index in [1.54, 1.807) is 14.2 Å². The predicted molar refractivity (Wildman–Crippen MR) is 80.1 cm³/mol. The van der Waals surface area contributed by atoms with Gasteiger partial charge in [-0.3, -0.25) is 4.98 Å². The molecule has 1 aliphatic rings. The van der Waals surface area contributed by atoms with Gasteiger partial charge in [-0.15, -0.1) is 0 Å². The summed E-state index contributed by atoms with van der Waals surface area (Å²) >= 11 is 0. The zero-order chi connectivity index (χ0) is 14.9. The van der Waals surface area contributed by atoms with E-state index in [9.17, 15) is 0 Å². The molecule has 4 nitrogen and oxygen atoms in total. The van der Waals surface area contributed by atoms with Gasteiger partial charge in [0.1, 0.15) is 5.75 Å². The topological polar surface area (TPSA) is 43.4 Å². The van der Waals surface area contributed by atoms with Gasteiger partial charge in [0.25, 0.3) is 0 Å². The van der Waals surface area contributed by atoms with Crippen LogP contribution in [0.4, 0.5) is 0 Å². The first-order chi connectivity index (χ1) is 9.41. The number of ether oxygens (including phenoxy) is 2. The second kappa shape index (κ2) is 5.70. The molecule has 0 aromatic carbocycles. The maximum Gasteiger partial charge on any atom is 0.128 e. The SMILES string of the molecule is COc1c(C)cnc(CNC2CC(OC)C2(C)C)c1C. The lowest BCUT2D eigenvalue weighted by atomic mass is 9.64. The van der Waals surface area contributed by atoms with Crippen LogP contribution in [-0.2, 0) is 11.3 Å². The summed E-state index contributed by atoms with van der Waals surface area (Å²) in [4.78, 5) is 4.53. The minimum absolute atomic E-state index is 0.178. The van der Waals surface area contributed by atoms with E-state index in [1.165, 1.54) is 0 Å². The second-order valence-corrected chi connectivity index (χ2v) is 6.26. The molecule has 20 heavy (non-hydrogen) atoms. The molecular weight excluding hydrogens is 252 g/mol. The zero-order valence-corrected chi connectivity index (χ0v) is 13.4. The Labute approximate surface area is 121 Å². The fraction of sp³-hybridized carbons (Fsp3) is 0.688. The summed E-state index contributed by atoms with van der Waals surface area (Å²) < 4.78 is 10.9. The van der Waals surface area contributed by atoms with Crippen LogP contribution in [0.5, 0.6) is 5.75 Å². The average Bonchev–Trinajstić information content (AvgIpc) is 2.40. The van der Waals surface area contributed by atoms with Crippen LogP contribution in [0.2, 0.25) is 0 Å². The summed E-state index contributed by atoms with van der Waals surface area (Å²) in [5.74, 6) is 0.944. The van der Waals surface area contributed by atoms with Gasteiger partial charge in [0.05, 0.1) is 18.9 Å². The Morgan fingerprint density at radius 1 is 1.35 bits per heavy atom. The molecule has 0 spiro atoms. The molecule has 1 heterocycles. The molecule has 1 saturated carbocycles. The predicted octanol–water partition coefficient (Wildman–Crippen LogP) is 2.61. The summed E-state index contributed by atoms with van der Waals surface area (Å²) in [5, 5.41) is 3.60. The molecule has 0 amide bonds. The largest absolute Gasteiger partial charge is 0.496 e. The van der Waals surface area contributed by atoms with Gasteiger partial charge in [-0.25, -0.2) is 0 Å². The first kappa shape index (κ1) is 15.3. The highest BCUT2D eigenvalue weighted by atomic mass is 16.5. The molecule has 4 heteroatoms. The van der Waals surface area contributed by atoms with Crippen molar-refractivity contribution in [3.8, 4) is 5.75 Å². The molecule has 2 rings (SSSR count). The quantitative estimate of drug-likeness (QED) is 0.899. The number of aryl methyl sites for hydroxylation is 1. The van der Waals surface area contributed by atoms with E-state index in [4.69, 9.17) is 9.47 Å². The average molecular weight is 278 g/mol. The molecule has 1 fully saturated rings. The number of methoxy groups -OCH3 is 2. The van der Waals surface area contributed by atoms with E-state index < -0.39 is 0 Å². The molecule has 1 aromatic heterocycles. The number of hydrogen-bond donors (Lipinski definition) is 1. The number of rotatable bonds is 5. The van der Waals surface area contributed by atoms with Crippen LogP contribution in [0.1, 0.15) is 37.1 Å². The van der Waals surface area contributed by atoms with Gasteiger partial charge in [0, 0.05) is 42.4 Å². The lowest BCUT2D eigenvalue weighted by molar-refractivity contribution is -0.0979. The number of nitrogens with one attached hydrogen (secondary N) is 1. The van der Waals surface area contributed by atoms with Crippen LogP contribution in [-0.4, -0.2) is 31.3 Å². The van der Waals surface area contributed by atoms with E-state index in [0.29, 0.717) is 12.1 Å². The fourth-order valence-electron chi connectivity index (χ4n) is 3.10. The molecule has 0 aliphatic heterocycles. The first-order valence-electron chi connectivity index (χ1n) is 7.17. The fourth-order valence-corrected chi connectivity index (χ4v) is 3.10. The number of aromatic nitrogens is 1. The maximum absolute atomic E-state index is 5.48. The molecule has 0 radical (unpaired) electrons. The van der Waals surface area contributed by atoms with Crippen molar-refractivity contribution in [1.29, 1.82) is 0 Å². The Kier molecular flexibility index (Phi) is 4.35. The van der Waals surface area contributed by atoms with Crippen LogP contribution >= 0.6 is 0 Å². The molecular formula is C16H26N2O2. The van der Waals surface area contributed by atoms with Crippen molar-refractivity contribution in [2.75, 3.05) is 14.2 Å². The van der Waals surface area contributed by atoms with E-state index >= 15 is 0 Å². The van der Waals surface area contributed by atoms with E-state index in [2.05, 4.69) is 31.1 Å². The molecule has 0 bridgehead atoms. The van der Waals surface area contributed by atoms with E-state index in [-0.39, 0.29) is 5.41 Å². The minimum Gasteiger partial charge on any atom is -0.496 e. The Hall–Kier alpha value is -1.13. The summed E-state index contributed by atoms with van der Waals surface area (Å²) in [6.07, 6.45) is 3.29. The van der Waals surface area contributed by atoms with Crippen LogP contribution in [0, 0.1) is 19.3 Å². The van der Waals surface area contributed by atoms with Gasteiger partial charge in [-0.05, 0) is 20.3 Å². The van der Waals surface area contributed by atoms with Gasteiger partial charge in [-0.1, -0.05) is 13.8 Å². The van der Waals surface area contributed by atoms with Crippen molar-refractivity contribution in [2.45, 2.75) is 52.8 Å². The Morgan fingerprint density at radius 3 is 2.60 bits per heavy atom. The summed E-state index contributed by atoms with van der Waals surface area (Å²) in [6, 6.07) is 0.473. The molecule has 112 valence electrons. The van der Waals surface area contributed by atoms with Gasteiger partial charge in [-0.2, -0.15) is 0 Å². The van der Waals surface area contributed by atoms with E-state index in [0.717, 1.165) is 35.5 Å². The van der Waals surface area contributed by atoms with E-state index in [1.807, 2.05) is 13.1 Å². The monoisotopic (exact) mass is 278 g/mol. The third-order valence-electron chi connectivity index (χ3n) is 4.73. The van der Waals surface area contributed by atoms with Crippen molar-refractivity contribution in [2.24, 2.45) is 5.41 Å².